The summed E-state index contributed by atoms with van der Waals surface area (Å²) in [5.41, 5.74) is 1.56. The highest BCUT2D eigenvalue weighted by atomic mass is 16.2. The number of amides is 1. The van der Waals surface area contributed by atoms with E-state index in [-0.39, 0.29) is 5.91 Å². The maximum absolute atomic E-state index is 12.7. The first-order valence-corrected chi connectivity index (χ1v) is 8.95. The zero-order chi connectivity index (χ0) is 18.6. The molecule has 0 aromatic carbocycles. The quantitative estimate of drug-likeness (QED) is 0.696. The van der Waals surface area contributed by atoms with E-state index in [0.29, 0.717) is 24.6 Å². The summed E-state index contributed by atoms with van der Waals surface area (Å²) < 4.78 is 1.83. The van der Waals surface area contributed by atoms with Crippen molar-refractivity contribution < 1.29 is 4.79 Å². The fourth-order valence-corrected chi connectivity index (χ4v) is 3.21. The molecule has 27 heavy (non-hydrogen) atoms. The van der Waals surface area contributed by atoms with Crippen LogP contribution in [-0.4, -0.2) is 66.6 Å². The molecule has 8 heteroatoms. The molecule has 0 bridgehead atoms. The molecule has 1 aliphatic heterocycles. The summed E-state index contributed by atoms with van der Waals surface area (Å²) in [5, 5.41) is 8.30. The third-order valence-corrected chi connectivity index (χ3v) is 4.73. The van der Waals surface area contributed by atoms with Crippen LogP contribution >= 0.6 is 0 Å². The molecule has 0 saturated carbocycles. The summed E-state index contributed by atoms with van der Waals surface area (Å²) in [6.45, 7) is 5.79. The zero-order valence-electron chi connectivity index (χ0n) is 15.2. The van der Waals surface area contributed by atoms with Crippen LogP contribution in [0, 0.1) is 6.92 Å². The van der Waals surface area contributed by atoms with Crippen LogP contribution in [0.3, 0.4) is 0 Å². The molecule has 4 heterocycles. The second kappa shape index (κ2) is 7.63. The minimum Gasteiger partial charge on any atom is -0.335 e. The maximum Gasteiger partial charge on any atom is 0.274 e. The molecule has 0 N–H and O–H groups in total. The molecule has 1 amide bonds. The lowest BCUT2D eigenvalue weighted by molar-refractivity contribution is 0.0621. The van der Waals surface area contributed by atoms with Gasteiger partial charge in [-0.05, 0) is 30.7 Å². The van der Waals surface area contributed by atoms with Crippen LogP contribution in [0.15, 0.2) is 49.1 Å². The molecule has 0 spiro atoms. The van der Waals surface area contributed by atoms with E-state index < -0.39 is 0 Å². The Kier molecular flexibility index (Phi) is 4.88. The molecule has 0 unspecified atom stereocenters. The minimum absolute atomic E-state index is 0.0718. The van der Waals surface area contributed by atoms with Gasteiger partial charge in [-0.2, -0.15) is 0 Å². The first-order valence-electron chi connectivity index (χ1n) is 8.95. The number of rotatable bonds is 4. The summed E-state index contributed by atoms with van der Waals surface area (Å²) in [4.78, 5) is 25.2. The molecule has 3 aromatic rings. The summed E-state index contributed by atoms with van der Waals surface area (Å²) in [7, 11) is 0. The Morgan fingerprint density at radius 2 is 1.93 bits per heavy atom. The van der Waals surface area contributed by atoms with Crippen molar-refractivity contribution in [2.75, 3.05) is 26.2 Å². The van der Waals surface area contributed by atoms with Crippen molar-refractivity contribution in [2.45, 2.75) is 13.5 Å². The normalized spacial score (nSPS) is 15.1. The number of hydrogen-bond acceptors (Lipinski definition) is 6. The fourth-order valence-electron chi connectivity index (χ4n) is 3.21. The lowest BCUT2D eigenvalue weighted by Gasteiger charge is -2.34. The molecule has 3 aromatic heterocycles. The lowest BCUT2D eigenvalue weighted by atomic mass is 10.2. The molecule has 8 nitrogen and oxygen atoms in total. The van der Waals surface area contributed by atoms with Crippen molar-refractivity contribution in [1.29, 1.82) is 0 Å². The Labute approximate surface area is 157 Å². The van der Waals surface area contributed by atoms with Gasteiger partial charge in [0.15, 0.2) is 11.5 Å². The average molecular weight is 363 g/mol. The highest BCUT2D eigenvalue weighted by Crippen LogP contribution is 2.11. The SMILES string of the molecule is Cc1nccn1-c1ccc(C(=O)N2CCN(Cc3cccnc3)CC2)nn1. The van der Waals surface area contributed by atoms with Gasteiger partial charge in [-0.25, -0.2) is 4.98 Å². The van der Waals surface area contributed by atoms with E-state index >= 15 is 0 Å². The number of aromatic nitrogens is 5. The van der Waals surface area contributed by atoms with Crippen LogP contribution in [0.5, 0.6) is 0 Å². The second-order valence-electron chi connectivity index (χ2n) is 6.55. The number of imidazole rings is 1. The molecule has 1 fully saturated rings. The van der Waals surface area contributed by atoms with Gasteiger partial charge >= 0.3 is 0 Å². The Hall–Kier alpha value is -3.13. The van der Waals surface area contributed by atoms with Crippen molar-refractivity contribution in [3.63, 3.8) is 0 Å². The van der Waals surface area contributed by atoms with E-state index in [1.54, 1.807) is 24.5 Å². The number of nitrogens with zero attached hydrogens (tertiary/aromatic N) is 7. The lowest BCUT2D eigenvalue weighted by Crippen LogP contribution is -2.48. The zero-order valence-corrected chi connectivity index (χ0v) is 15.2. The highest BCUT2D eigenvalue weighted by Gasteiger charge is 2.23. The van der Waals surface area contributed by atoms with E-state index in [2.05, 4.69) is 31.1 Å². The standard InChI is InChI=1S/C19H21N7O/c1-15-21-7-8-26(15)18-5-4-17(22-23-18)19(27)25-11-9-24(10-12-25)14-16-3-2-6-20-13-16/h2-8,13H,9-12,14H2,1H3. The number of piperazine rings is 1. The number of hydrogen-bond donors (Lipinski definition) is 0. The third kappa shape index (κ3) is 3.85. The summed E-state index contributed by atoms with van der Waals surface area (Å²) in [5.74, 6) is 1.41. The van der Waals surface area contributed by atoms with E-state index in [4.69, 9.17) is 0 Å². The van der Waals surface area contributed by atoms with Crippen molar-refractivity contribution in [3.05, 3.63) is 66.1 Å². The average Bonchev–Trinajstić information content (AvgIpc) is 3.15. The van der Waals surface area contributed by atoms with Crippen LogP contribution in [0.1, 0.15) is 21.9 Å². The molecule has 0 radical (unpaired) electrons. The van der Waals surface area contributed by atoms with E-state index in [9.17, 15) is 4.79 Å². The van der Waals surface area contributed by atoms with Crippen LogP contribution < -0.4 is 0 Å². The Morgan fingerprint density at radius 3 is 2.56 bits per heavy atom. The van der Waals surface area contributed by atoms with Gasteiger partial charge in [0, 0.05) is 57.5 Å². The third-order valence-electron chi connectivity index (χ3n) is 4.73. The Balaban J connectivity index is 1.36. The molecular formula is C19H21N7O. The van der Waals surface area contributed by atoms with Crippen molar-refractivity contribution in [1.82, 2.24) is 34.5 Å². The largest absolute Gasteiger partial charge is 0.335 e. The van der Waals surface area contributed by atoms with Crippen LogP contribution in [0.25, 0.3) is 5.82 Å². The van der Waals surface area contributed by atoms with Gasteiger partial charge < -0.3 is 4.90 Å². The fraction of sp³-hybridized carbons (Fsp3) is 0.316. The minimum atomic E-state index is -0.0718. The van der Waals surface area contributed by atoms with E-state index in [0.717, 1.165) is 25.5 Å². The summed E-state index contributed by atoms with van der Waals surface area (Å²) >= 11 is 0. The van der Waals surface area contributed by atoms with Crippen molar-refractivity contribution in [3.8, 4) is 5.82 Å². The van der Waals surface area contributed by atoms with Crippen LogP contribution in [0.4, 0.5) is 0 Å². The van der Waals surface area contributed by atoms with E-state index in [1.807, 2.05) is 34.9 Å². The monoisotopic (exact) mass is 363 g/mol. The first-order chi connectivity index (χ1) is 13.2. The molecule has 138 valence electrons. The molecule has 1 aliphatic rings. The van der Waals surface area contributed by atoms with Crippen molar-refractivity contribution in [2.24, 2.45) is 0 Å². The summed E-state index contributed by atoms with van der Waals surface area (Å²) in [6, 6.07) is 7.55. The molecule has 0 aliphatic carbocycles. The van der Waals surface area contributed by atoms with Gasteiger partial charge in [0.05, 0.1) is 0 Å². The number of carbonyl (C=O) groups excluding carboxylic acids is 1. The van der Waals surface area contributed by atoms with Gasteiger partial charge in [0.1, 0.15) is 5.82 Å². The Bertz CT molecular complexity index is 899. The maximum atomic E-state index is 12.7. The predicted octanol–water partition coefficient (Wildman–Crippen LogP) is 1.32. The van der Waals surface area contributed by atoms with Crippen molar-refractivity contribution >= 4 is 5.91 Å². The molecule has 4 rings (SSSR count). The number of carbonyl (C=O) groups is 1. The highest BCUT2D eigenvalue weighted by molar-refractivity contribution is 5.92. The molecular weight excluding hydrogens is 342 g/mol. The van der Waals surface area contributed by atoms with Gasteiger partial charge in [-0.3, -0.25) is 19.2 Å². The predicted molar refractivity (Wildman–Crippen MR) is 99.3 cm³/mol. The Morgan fingerprint density at radius 1 is 1.07 bits per heavy atom. The van der Waals surface area contributed by atoms with E-state index in [1.165, 1.54) is 5.56 Å². The second-order valence-corrected chi connectivity index (χ2v) is 6.55. The van der Waals surface area contributed by atoms with Gasteiger partial charge in [-0.15, -0.1) is 10.2 Å². The van der Waals surface area contributed by atoms with Gasteiger partial charge in [0.2, 0.25) is 0 Å². The topological polar surface area (TPSA) is 80.0 Å². The van der Waals surface area contributed by atoms with Gasteiger partial charge in [-0.1, -0.05) is 6.07 Å². The number of pyridine rings is 1. The first kappa shape index (κ1) is 17.3. The van der Waals surface area contributed by atoms with Crippen LogP contribution in [-0.2, 0) is 6.54 Å². The summed E-state index contributed by atoms with van der Waals surface area (Å²) in [6.07, 6.45) is 7.20. The molecule has 1 saturated heterocycles. The number of aryl methyl sites for hydroxylation is 1. The smallest absolute Gasteiger partial charge is 0.274 e. The van der Waals surface area contributed by atoms with Gasteiger partial charge in [0.25, 0.3) is 5.91 Å². The van der Waals surface area contributed by atoms with Crippen LogP contribution in [0.2, 0.25) is 0 Å². The molecule has 0 atom stereocenters.